The van der Waals surface area contributed by atoms with E-state index >= 15 is 0 Å². The molecule has 1 unspecified atom stereocenters. The van der Waals surface area contributed by atoms with Gasteiger partial charge in [-0.15, -0.1) is 0 Å². The molecule has 0 spiro atoms. The van der Waals surface area contributed by atoms with Gasteiger partial charge in [-0.25, -0.2) is 0 Å². The molecule has 0 bridgehead atoms. The summed E-state index contributed by atoms with van der Waals surface area (Å²) < 4.78 is 6.04. The van der Waals surface area contributed by atoms with E-state index in [1.165, 1.54) is 0 Å². The smallest absolute Gasteiger partial charge is 0.125 e. The predicted molar refractivity (Wildman–Crippen MR) is 88.6 cm³/mol. The second kappa shape index (κ2) is 5.43. The standard InChI is InChI=1S/C17H17Cl2NO/c1-17(2)10-14(11-6-3-4-9-15(11)21-17)20-16-12(18)7-5-8-13(16)19/h3-9,14,20H,10H2,1-2H3. The number of ether oxygens (including phenoxy) is 1. The molecule has 0 amide bonds. The highest BCUT2D eigenvalue weighted by molar-refractivity contribution is 6.39. The Balaban J connectivity index is 1.99. The Bertz CT molecular complexity index is 649. The number of halogens is 2. The van der Waals surface area contributed by atoms with Gasteiger partial charge in [0.2, 0.25) is 0 Å². The van der Waals surface area contributed by atoms with Crippen LogP contribution >= 0.6 is 23.2 Å². The van der Waals surface area contributed by atoms with Gasteiger partial charge in [0.25, 0.3) is 0 Å². The van der Waals surface area contributed by atoms with Crippen molar-refractivity contribution in [2.24, 2.45) is 0 Å². The van der Waals surface area contributed by atoms with Crippen molar-refractivity contribution in [3.8, 4) is 5.75 Å². The maximum atomic E-state index is 6.27. The minimum absolute atomic E-state index is 0.113. The van der Waals surface area contributed by atoms with Crippen LogP contribution in [0.15, 0.2) is 42.5 Å². The van der Waals surface area contributed by atoms with Crippen molar-refractivity contribution in [3.63, 3.8) is 0 Å². The highest BCUT2D eigenvalue weighted by Crippen LogP contribution is 2.42. The van der Waals surface area contributed by atoms with E-state index in [0.717, 1.165) is 23.4 Å². The molecule has 0 saturated carbocycles. The first-order valence-electron chi connectivity index (χ1n) is 6.95. The lowest BCUT2D eigenvalue weighted by Crippen LogP contribution is -2.37. The topological polar surface area (TPSA) is 21.3 Å². The lowest BCUT2D eigenvalue weighted by molar-refractivity contribution is 0.0759. The number of hydrogen-bond acceptors (Lipinski definition) is 2. The third-order valence-corrected chi connectivity index (χ3v) is 4.29. The number of para-hydroxylation sites is 2. The first-order chi connectivity index (χ1) is 9.96. The summed E-state index contributed by atoms with van der Waals surface area (Å²) in [5.41, 5.74) is 1.67. The molecule has 2 nitrogen and oxygen atoms in total. The van der Waals surface area contributed by atoms with Crippen molar-refractivity contribution in [1.29, 1.82) is 0 Å². The zero-order valence-corrected chi connectivity index (χ0v) is 13.5. The van der Waals surface area contributed by atoms with Crippen LogP contribution < -0.4 is 10.1 Å². The fourth-order valence-corrected chi connectivity index (χ4v) is 3.25. The average molecular weight is 322 g/mol. The van der Waals surface area contributed by atoms with Gasteiger partial charge in [0, 0.05) is 12.0 Å². The molecular weight excluding hydrogens is 305 g/mol. The van der Waals surface area contributed by atoms with Crippen molar-refractivity contribution in [3.05, 3.63) is 58.1 Å². The van der Waals surface area contributed by atoms with E-state index in [1.807, 2.05) is 36.4 Å². The molecule has 4 heteroatoms. The Morgan fingerprint density at radius 1 is 1.05 bits per heavy atom. The van der Waals surface area contributed by atoms with Crippen LogP contribution in [0.3, 0.4) is 0 Å². The summed E-state index contributed by atoms with van der Waals surface area (Å²) in [6, 6.07) is 13.7. The zero-order valence-electron chi connectivity index (χ0n) is 12.0. The highest BCUT2D eigenvalue weighted by atomic mass is 35.5. The molecule has 0 aromatic heterocycles. The maximum Gasteiger partial charge on any atom is 0.125 e. The van der Waals surface area contributed by atoms with Crippen LogP contribution in [0, 0.1) is 0 Å². The van der Waals surface area contributed by atoms with Crippen LogP contribution in [0.4, 0.5) is 5.69 Å². The third kappa shape index (κ3) is 2.97. The van der Waals surface area contributed by atoms with Crippen molar-refractivity contribution in [2.75, 3.05) is 5.32 Å². The van der Waals surface area contributed by atoms with Crippen molar-refractivity contribution < 1.29 is 4.74 Å². The zero-order chi connectivity index (χ0) is 15.0. The van der Waals surface area contributed by atoms with Crippen LogP contribution in [0.25, 0.3) is 0 Å². The molecule has 1 atom stereocenters. The molecule has 0 radical (unpaired) electrons. The number of hydrogen-bond donors (Lipinski definition) is 1. The molecule has 0 fully saturated rings. The van der Waals surface area contributed by atoms with Gasteiger partial charge >= 0.3 is 0 Å². The molecule has 1 N–H and O–H groups in total. The summed E-state index contributed by atoms with van der Waals surface area (Å²) in [5.74, 6) is 0.912. The lowest BCUT2D eigenvalue weighted by Gasteiger charge is -2.38. The van der Waals surface area contributed by atoms with Crippen LogP contribution in [0.5, 0.6) is 5.75 Å². The van der Waals surface area contributed by atoms with E-state index < -0.39 is 0 Å². The van der Waals surface area contributed by atoms with Gasteiger partial charge < -0.3 is 10.1 Å². The Labute approximate surface area is 135 Å². The summed E-state index contributed by atoms with van der Waals surface area (Å²) in [6.45, 7) is 4.18. The van der Waals surface area contributed by atoms with Crippen molar-refractivity contribution >= 4 is 28.9 Å². The van der Waals surface area contributed by atoms with Gasteiger partial charge in [-0.2, -0.15) is 0 Å². The van der Waals surface area contributed by atoms with Crippen LogP contribution in [0.1, 0.15) is 31.9 Å². The quantitative estimate of drug-likeness (QED) is 0.765. The molecule has 2 aromatic carbocycles. The van der Waals surface area contributed by atoms with Crippen LogP contribution in [0.2, 0.25) is 10.0 Å². The van der Waals surface area contributed by atoms with Gasteiger partial charge in [0.1, 0.15) is 11.4 Å². The Morgan fingerprint density at radius 2 is 1.71 bits per heavy atom. The van der Waals surface area contributed by atoms with E-state index in [0.29, 0.717) is 10.0 Å². The van der Waals surface area contributed by atoms with Crippen molar-refractivity contribution in [1.82, 2.24) is 0 Å². The summed E-state index contributed by atoms with van der Waals surface area (Å²) in [6.07, 6.45) is 0.839. The Kier molecular flexibility index (Phi) is 3.76. The summed E-state index contributed by atoms with van der Waals surface area (Å²) >= 11 is 12.5. The molecule has 2 aromatic rings. The third-order valence-electron chi connectivity index (χ3n) is 3.66. The monoisotopic (exact) mass is 321 g/mol. The van der Waals surface area contributed by atoms with Gasteiger partial charge in [-0.1, -0.05) is 47.5 Å². The first-order valence-corrected chi connectivity index (χ1v) is 7.70. The lowest BCUT2D eigenvalue weighted by atomic mass is 9.89. The summed E-state index contributed by atoms with van der Waals surface area (Å²) in [7, 11) is 0. The second-order valence-corrected chi connectivity index (χ2v) is 6.71. The van der Waals surface area contributed by atoms with Crippen LogP contribution in [-0.4, -0.2) is 5.60 Å². The average Bonchev–Trinajstić information content (AvgIpc) is 2.41. The van der Waals surface area contributed by atoms with Gasteiger partial charge in [-0.05, 0) is 32.0 Å². The van der Waals surface area contributed by atoms with Gasteiger partial charge in [0.05, 0.1) is 21.8 Å². The van der Waals surface area contributed by atoms with Crippen molar-refractivity contribution in [2.45, 2.75) is 31.9 Å². The van der Waals surface area contributed by atoms with Gasteiger partial charge in [0.15, 0.2) is 0 Å². The normalized spacial score (nSPS) is 19.5. The van der Waals surface area contributed by atoms with Crippen LogP contribution in [-0.2, 0) is 0 Å². The Hall–Kier alpha value is -1.38. The molecule has 1 aliphatic heterocycles. The van der Waals surface area contributed by atoms with E-state index in [4.69, 9.17) is 27.9 Å². The molecule has 0 aliphatic carbocycles. The van der Waals surface area contributed by atoms with E-state index in [1.54, 1.807) is 0 Å². The number of rotatable bonds is 2. The molecule has 1 aliphatic rings. The fraction of sp³-hybridized carbons (Fsp3) is 0.294. The minimum Gasteiger partial charge on any atom is -0.487 e. The molecule has 110 valence electrons. The largest absolute Gasteiger partial charge is 0.487 e. The van der Waals surface area contributed by atoms with E-state index in [-0.39, 0.29) is 11.6 Å². The van der Waals surface area contributed by atoms with E-state index in [9.17, 15) is 0 Å². The summed E-state index contributed by atoms with van der Waals surface area (Å²) in [5, 5.41) is 4.74. The predicted octanol–water partition coefficient (Wildman–Crippen LogP) is 5.71. The fourth-order valence-electron chi connectivity index (χ4n) is 2.74. The molecular formula is C17H17Cl2NO. The molecule has 21 heavy (non-hydrogen) atoms. The number of benzene rings is 2. The minimum atomic E-state index is -0.236. The molecule has 1 heterocycles. The molecule has 0 saturated heterocycles. The van der Waals surface area contributed by atoms with Gasteiger partial charge in [-0.3, -0.25) is 0 Å². The second-order valence-electron chi connectivity index (χ2n) is 5.90. The number of fused-ring (bicyclic) bond motifs is 1. The SMILES string of the molecule is CC1(C)CC(Nc2c(Cl)cccc2Cl)c2ccccc2O1. The van der Waals surface area contributed by atoms with E-state index in [2.05, 4.69) is 25.2 Å². The first kappa shape index (κ1) is 14.6. The highest BCUT2D eigenvalue weighted by Gasteiger charge is 2.33. The number of nitrogens with one attached hydrogen (secondary N) is 1. The number of anilines is 1. The Morgan fingerprint density at radius 3 is 2.43 bits per heavy atom. The maximum absolute atomic E-state index is 6.27. The molecule has 3 rings (SSSR count). The summed E-state index contributed by atoms with van der Waals surface area (Å²) in [4.78, 5) is 0.